The maximum Gasteiger partial charge on any atom is 0.253 e. The van der Waals surface area contributed by atoms with E-state index in [4.69, 9.17) is 4.74 Å². The molecule has 0 saturated heterocycles. The minimum Gasteiger partial charge on any atom is -0.496 e. The highest BCUT2D eigenvalue weighted by Crippen LogP contribution is 2.20. The van der Waals surface area contributed by atoms with Gasteiger partial charge in [-0.2, -0.15) is 5.10 Å². The van der Waals surface area contributed by atoms with Gasteiger partial charge >= 0.3 is 0 Å². The molecule has 2 aromatic rings. The third-order valence-corrected chi connectivity index (χ3v) is 4.09. The predicted octanol–water partition coefficient (Wildman–Crippen LogP) is 2.73. The fourth-order valence-electron chi connectivity index (χ4n) is 1.99. The highest BCUT2D eigenvalue weighted by atomic mass is 32.2. The lowest BCUT2D eigenvalue weighted by atomic mass is 10.2. The van der Waals surface area contributed by atoms with Gasteiger partial charge in [-0.3, -0.25) is 4.79 Å². The minimum absolute atomic E-state index is 0.214. The Bertz CT molecular complexity index is 729. The highest BCUT2D eigenvalue weighted by molar-refractivity contribution is 8.00. The molecule has 0 aliphatic rings. The van der Waals surface area contributed by atoms with E-state index in [1.807, 2.05) is 44.2 Å². The Hall–Kier alpha value is -2.41. The number of aromatic nitrogens is 2. The van der Waals surface area contributed by atoms with Gasteiger partial charge in [-0.15, -0.1) is 0 Å². The van der Waals surface area contributed by atoms with Crippen LogP contribution >= 0.6 is 11.8 Å². The molecular weight excluding hydrogens is 324 g/mol. The number of carbonyl (C=O) groups excluding carboxylic acids is 1. The number of hydrogen-bond acceptors (Lipinski definition) is 6. The lowest BCUT2D eigenvalue weighted by Gasteiger charge is -2.09. The lowest BCUT2D eigenvalue weighted by molar-refractivity contribution is -0.120. The fourth-order valence-corrected chi connectivity index (χ4v) is 2.86. The van der Waals surface area contributed by atoms with Crippen LogP contribution < -0.4 is 10.2 Å². The molecule has 1 aromatic heterocycles. The number of benzene rings is 1. The van der Waals surface area contributed by atoms with Crippen molar-refractivity contribution in [2.24, 2.45) is 5.10 Å². The molecule has 24 heavy (non-hydrogen) atoms. The van der Waals surface area contributed by atoms with E-state index >= 15 is 0 Å². The largest absolute Gasteiger partial charge is 0.496 e. The third-order valence-electron chi connectivity index (χ3n) is 3.13. The van der Waals surface area contributed by atoms with Gasteiger partial charge in [0.05, 0.1) is 18.6 Å². The monoisotopic (exact) mass is 344 g/mol. The molecule has 0 saturated carbocycles. The SMILES string of the molecule is COc1ccccc1/C=N\NC(=O)[C@H](C)Sc1nc(C)cc(C)n1. The summed E-state index contributed by atoms with van der Waals surface area (Å²) < 4.78 is 5.23. The van der Waals surface area contributed by atoms with Gasteiger partial charge in [0.25, 0.3) is 5.91 Å². The number of rotatable bonds is 6. The van der Waals surface area contributed by atoms with Crippen LogP contribution in [0.15, 0.2) is 40.6 Å². The van der Waals surface area contributed by atoms with Crippen molar-refractivity contribution >= 4 is 23.9 Å². The lowest BCUT2D eigenvalue weighted by Crippen LogP contribution is -2.27. The molecule has 0 unspecified atom stereocenters. The van der Waals surface area contributed by atoms with Gasteiger partial charge in [0, 0.05) is 17.0 Å². The summed E-state index contributed by atoms with van der Waals surface area (Å²) in [7, 11) is 1.59. The van der Waals surface area contributed by atoms with Crippen molar-refractivity contribution in [2.75, 3.05) is 7.11 Å². The molecule has 1 atom stereocenters. The quantitative estimate of drug-likeness (QED) is 0.377. The second-order valence-electron chi connectivity index (χ2n) is 5.17. The number of nitrogens with one attached hydrogen (secondary N) is 1. The van der Waals surface area contributed by atoms with Crippen molar-refractivity contribution in [1.29, 1.82) is 0 Å². The zero-order valence-corrected chi connectivity index (χ0v) is 14.9. The van der Waals surface area contributed by atoms with Crippen LogP contribution in [0.2, 0.25) is 0 Å². The van der Waals surface area contributed by atoms with Gasteiger partial charge in [0.2, 0.25) is 0 Å². The molecule has 7 heteroatoms. The molecule has 6 nitrogen and oxygen atoms in total. The Morgan fingerprint density at radius 2 is 1.96 bits per heavy atom. The van der Waals surface area contributed by atoms with E-state index < -0.39 is 0 Å². The minimum atomic E-state index is -0.360. The molecule has 0 fully saturated rings. The van der Waals surface area contributed by atoms with Crippen LogP contribution in [0.5, 0.6) is 5.75 Å². The number of hydrogen-bond donors (Lipinski definition) is 1. The number of ether oxygens (including phenoxy) is 1. The number of para-hydroxylation sites is 1. The standard InChI is InChI=1S/C17H20N4O2S/c1-11-9-12(2)20-17(19-11)24-13(3)16(22)21-18-10-14-7-5-6-8-15(14)23-4/h5-10,13H,1-4H3,(H,21,22)/b18-10-/t13-/m0/s1. The summed E-state index contributed by atoms with van der Waals surface area (Å²) in [4.78, 5) is 20.8. The van der Waals surface area contributed by atoms with Crippen LogP contribution in [0.1, 0.15) is 23.9 Å². The van der Waals surface area contributed by atoms with E-state index in [1.165, 1.54) is 11.8 Å². The van der Waals surface area contributed by atoms with E-state index in [0.717, 1.165) is 17.0 Å². The van der Waals surface area contributed by atoms with Crippen LogP contribution in [0.4, 0.5) is 0 Å². The summed E-state index contributed by atoms with van der Waals surface area (Å²) in [6.45, 7) is 5.60. The molecule has 0 aliphatic carbocycles. The molecule has 1 N–H and O–H groups in total. The topological polar surface area (TPSA) is 76.5 Å². The molecule has 126 valence electrons. The number of hydrazone groups is 1. The van der Waals surface area contributed by atoms with Crippen molar-refractivity contribution in [3.8, 4) is 5.75 Å². The van der Waals surface area contributed by atoms with Gasteiger partial charge in [0.1, 0.15) is 5.75 Å². The Morgan fingerprint density at radius 3 is 2.62 bits per heavy atom. The van der Waals surface area contributed by atoms with Crippen molar-refractivity contribution in [3.05, 3.63) is 47.3 Å². The van der Waals surface area contributed by atoms with Crippen LogP contribution in [-0.2, 0) is 4.79 Å². The van der Waals surface area contributed by atoms with Crippen molar-refractivity contribution < 1.29 is 9.53 Å². The Balaban J connectivity index is 1.95. The molecule has 2 rings (SSSR count). The molecule has 0 bridgehead atoms. The van der Waals surface area contributed by atoms with Crippen LogP contribution in [-0.4, -0.2) is 34.4 Å². The average Bonchev–Trinajstić information content (AvgIpc) is 2.54. The van der Waals surface area contributed by atoms with Gasteiger partial charge in [0.15, 0.2) is 5.16 Å². The second kappa shape index (κ2) is 8.44. The normalized spacial score (nSPS) is 12.2. The molecule has 0 spiro atoms. The smallest absolute Gasteiger partial charge is 0.253 e. The van der Waals surface area contributed by atoms with Gasteiger partial charge < -0.3 is 4.74 Å². The second-order valence-corrected chi connectivity index (χ2v) is 6.48. The van der Waals surface area contributed by atoms with Gasteiger partial charge in [-0.25, -0.2) is 15.4 Å². The molecule has 1 aromatic carbocycles. The number of amides is 1. The van der Waals surface area contributed by atoms with E-state index in [-0.39, 0.29) is 11.2 Å². The summed E-state index contributed by atoms with van der Waals surface area (Å²) >= 11 is 1.30. The number of aryl methyl sites for hydroxylation is 2. The number of carbonyl (C=O) groups is 1. The first-order valence-electron chi connectivity index (χ1n) is 7.44. The van der Waals surface area contributed by atoms with Crippen LogP contribution in [0.3, 0.4) is 0 Å². The zero-order valence-electron chi connectivity index (χ0n) is 14.1. The first-order valence-corrected chi connectivity index (χ1v) is 8.32. The van der Waals surface area contributed by atoms with E-state index in [1.54, 1.807) is 20.2 Å². The number of nitrogens with zero attached hydrogens (tertiary/aromatic N) is 3. The first-order chi connectivity index (χ1) is 11.5. The highest BCUT2D eigenvalue weighted by Gasteiger charge is 2.15. The molecule has 1 amide bonds. The number of methoxy groups -OCH3 is 1. The van der Waals surface area contributed by atoms with Crippen molar-refractivity contribution in [1.82, 2.24) is 15.4 Å². The Morgan fingerprint density at radius 1 is 1.29 bits per heavy atom. The zero-order chi connectivity index (χ0) is 17.5. The van der Waals surface area contributed by atoms with E-state index in [0.29, 0.717) is 10.9 Å². The van der Waals surface area contributed by atoms with Gasteiger partial charge in [-0.1, -0.05) is 23.9 Å². The Labute approximate surface area is 145 Å². The van der Waals surface area contributed by atoms with E-state index in [9.17, 15) is 4.79 Å². The molecule has 1 heterocycles. The summed E-state index contributed by atoms with van der Waals surface area (Å²) in [6, 6.07) is 9.33. The van der Waals surface area contributed by atoms with Crippen molar-refractivity contribution in [2.45, 2.75) is 31.2 Å². The molecule has 0 aliphatic heterocycles. The van der Waals surface area contributed by atoms with Gasteiger partial charge in [-0.05, 0) is 39.0 Å². The van der Waals surface area contributed by atoms with E-state index in [2.05, 4.69) is 20.5 Å². The van der Waals surface area contributed by atoms with Crippen LogP contribution in [0.25, 0.3) is 0 Å². The average molecular weight is 344 g/mol. The predicted molar refractivity (Wildman–Crippen MR) is 95.6 cm³/mol. The maximum absolute atomic E-state index is 12.1. The first kappa shape index (κ1) is 17.9. The maximum atomic E-state index is 12.1. The summed E-state index contributed by atoms with van der Waals surface area (Å²) in [5.41, 5.74) is 5.08. The summed E-state index contributed by atoms with van der Waals surface area (Å²) in [5.74, 6) is 0.482. The summed E-state index contributed by atoms with van der Waals surface area (Å²) in [6.07, 6.45) is 1.56. The molecular formula is C17H20N4O2S. The molecule has 0 radical (unpaired) electrons. The Kier molecular flexibility index (Phi) is 6.31. The number of thioether (sulfide) groups is 1. The fraction of sp³-hybridized carbons (Fsp3) is 0.294. The summed E-state index contributed by atoms with van der Waals surface area (Å²) in [5, 5.41) is 4.22. The van der Waals surface area contributed by atoms with Crippen LogP contribution in [0, 0.1) is 13.8 Å². The third kappa shape index (κ3) is 5.06. The van der Waals surface area contributed by atoms with Crippen molar-refractivity contribution in [3.63, 3.8) is 0 Å².